The van der Waals surface area contributed by atoms with Gasteiger partial charge >= 0.3 is 6.18 Å². The van der Waals surface area contributed by atoms with E-state index in [4.69, 9.17) is 0 Å². The van der Waals surface area contributed by atoms with Gasteiger partial charge in [0.05, 0.1) is 11.3 Å². The number of amides is 1. The highest BCUT2D eigenvalue weighted by Gasteiger charge is 2.38. The molecule has 0 bridgehead atoms. The van der Waals surface area contributed by atoms with Crippen molar-refractivity contribution in [2.75, 3.05) is 13.1 Å². The van der Waals surface area contributed by atoms with Crippen LogP contribution in [-0.2, 0) is 6.42 Å². The molecule has 0 radical (unpaired) electrons. The number of alkyl halides is 3. The number of halogens is 4. The molecule has 1 atom stereocenters. The summed E-state index contributed by atoms with van der Waals surface area (Å²) >= 11 is 0. The Labute approximate surface area is 206 Å². The average Bonchev–Trinajstić information content (AvgIpc) is 3.06. The van der Waals surface area contributed by atoms with E-state index in [1.807, 2.05) is 0 Å². The second kappa shape index (κ2) is 9.59. The molecule has 0 spiro atoms. The molecule has 36 heavy (non-hydrogen) atoms. The summed E-state index contributed by atoms with van der Waals surface area (Å²) in [5.74, 6) is -0.953. The van der Waals surface area contributed by atoms with Gasteiger partial charge in [0.2, 0.25) is 0 Å². The van der Waals surface area contributed by atoms with Crippen molar-refractivity contribution < 1.29 is 22.4 Å². The first-order chi connectivity index (χ1) is 17.3. The summed E-state index contributed by atoms with van der Waals surface area (Å²) in [5.41, 5.74) is 3.66. The number of carbonyl (C=O) groups is 1. The fraction of sp³-hybridized carbons (Fsp3) is 0.207. The van der Waals surface area contributed by atoms with Crippen molar-refractivity contribution >= 4 is 11.5 Å². The highest BCUT2D eigenvalue weighted by Crippen LogP contribution is 2.39. The van der Waals surface area contributed by atoms with Crippen molar-refractivity contribution in [3.05, 3.63) is 124 Å². The van der Waals surface area contributed by atoms with Crippen LogP contribution in [0, 0.1) is 5.82 Å². The standard InChI is InChI=1S/C29H22F4N2O/c30-25-10-6-5-9-23(25)22-15-16-35(18-22)28(36)26-14-13-20-11-12-21(19-7-3-1-2-4-8-19)17-24(27(20)34-26)29(31,32)33/h1-3,5-10,12-14,17,22H,11,15-16,18H2. The van der Waals surface area contributed by atoms with Crippen LogP contribution in [-0.4, -0.2) is 35.1 Å². The van der Waals surface area contributed by atoms with Gasteiger partial charge in [0, 0.05) is 19.0 Å². The molecule has 1 aromatic heterocycles. The van der Waals surface area contributed by atoms with E-state index in [0.717, 1.165) is 6.08 Å². The van der Waals surface area contributed by atoms with Gasteiger partial charge in [-0.2, -0.15) is 13.2 Å². The molecule has 2 heterocycles. The smallest absolute Gasteiger partial charge is 0.337 e. The number of fused-ring (bicyclic) bond motifs is 1. The van der Waals surface area contributed by atoms with Gasteiger partial charge in [0.25, 0.3) is 5.91 Å². The van der Waals surface area contributed by atoms with Crippen LogP contribution in [0.15, 0.2) is 95.8 Å². The average molecular weight is 491 g/mol. The number of likely N-dealkylation sites (tertiary alicyclic amines) is 1. The van der Waals surface area contributed by atoms with Crippen LogP contribution in [0.1, 0.15) is 39.6 Å². The first kappa shape index (κ1) is 23.8. The third-order valence-electron chi connectivity index (χ3n) is 6.57. The maximum absolute atomic E-state index is 14.2. The van der Waals surface area contributed by atoms with E-state index < -0.39 is 17.7 Å². The number of benzene rings is 1. The maximum Gasteiger partial charge on any atom is 0.418 e. The minimum atomic E-state index is -4.67. The van der Waals surface area contributed by atoms with Crippen LogP contribution in [0.4, 0.5) is 17.6 Å². The Bertz CT molecular complexity index is 1400. The molecule has 1 aromatic carbocycles. The van der Waals surface area contributed by atoms with Gasteiger partial charge in [-0.25, -0.2) is 9.37 Å². The predicted molar refractivity (Wildman–Crippen MR) is 130 cm³/mol. The van der Waals surface area contributed by atoms with Crippen molar-refractivity contribution in [1.82, 2.24) is 9.88 Å². The molecular weight excluding hydrogens is 468 g/mol. The molecule has 1 saturated heterocycles. The summed E-state index contributed by atoms with van der Waals surface area (Å²) < 4.78 is 56.8. The molecule has 3 aliphatic rings. The van der Waals surface area contributed by atoms with E-state index in [-0.39, 0.29) is 36.1 Å². The van der Waals surface area contributed by atoms with Crippen LogP contribution in [0.5, 0.6) is 0 Å². The summed E-state index contributed by atoms with van der Waals surface area (Å²) in [5, 5.41) is 0. The molecule has 182 valence electrons. The monoisotopic (exact) mass is 490 g/mol. The lowest BCUT2D eigenvalue weighted by molar-refractivity contribution is -0.0692. The number of hydrogen-bond donors (Lipinski definition) is 0. The molecule has 1 fully saturated rings. The van der Waals surface area contributed by atoms with Crippen LogP contribution >= 0.6 is 0 Å². The highest BCUT2D eigenvalue weighted by atomic mass is 19.4. The largest absolute Gasteiger partial charge is 0.418 e. The lowest BCUT2D eigenvalue weighted by atomic mass is 9.98. The van der Waals surface area contributed by atoms with E-state index in [2.05, 4.69) is 10.7 Å². The Hall–Kier alpha value is -3.96. The lowest BCUT2D eigenvalue weighted by Gasteiger charge is -2.19. The van der Waals surface area contributed by atoms with Crippen molar-refractivity contribution in [3.8, 4) is 0 Å². The van der Waals surface area contributed by atoms with Crippen molar-refractivity contribution in [2.24, 2.45) is 0 Å². The van der Waals surface area contributed by atoms with Crippen molar-refractivity contribution in [2.45, 2.75) is 24.9 Å². The summed E-state index contributed by atoms with van der Waals surface area (Å²) in [7, 11) is 0. The van der Waals surface area contributed by atoms with Crippen LogP contribution in [0.3, 0.4) is 0 Å². The van der Waals surface area contributed by atoms with Gasteiger partial charge in [-0.05, 0) is 65.5 Å². The van der Waals surface area contributed by atoms with Gasteiger partial charge in [0.1, 0.15) is 11.5 Å². The first-order valence-electron chi connectivity index (χ1n) is 11.6. The van der Waals surface area contributed by atoms with Gasteiger partial charge in [0.15, 0.2) is 0 Å². The van der Waals surface area contributed by atoms with Crippen molar-refractivity contribution in [3.63, 3.8) is 0 Å². The first-order valence-corrected chi connectivity index (χ1v) is 11.6. The van der Waals surface area contributed by atoms with E-state index in [1.54, 1.807) is 54.7 Å². The van der Waals surface area contributed by atoms with E-state index in [9.17, 15) is 22.4 Å². The molecule has 3 nitrogen and oxygen atoms in total. The van der Waals surface area contributed by atoms with Crippen LogP contribution in [0.25, 0.3) is 5.57 Å². The maximum atomic E-state index is 14.2. The SMILES string of the molecule is O=C(c1ccc2c(n1)C(C(F)(F)F)=CC(C1=CC=CC=C=C1)=CC2)N1CCC(c2ccccc2F)C1. The minimum absolute atomic E-state index is 0.0546. The Balaban J connectivity index is 1.45. The molecule has 1 aliphatic heterocycles. The fourth-order valence-corrected chi connectivity index (χ4v) is 4.73. The normalized spacial score (nSPS) is 19.3. The number of hydrogen-bond acceptors (Lipinski definition) is 2. The van der Waals surface area contributed by atoms with Gasteiger partial charge in [-0.15, -0.1) is 5.73 Å². The quantitative estimate of drug-likeness (QED) is 0.364. The lowest BCUT2D eigenvalue weighted by Crippen LogP contribution is -2.29. The molecule has 2 aliphatic carbocycles. The number of rotatable bonds is 3. The topological polar surface area (TPSA) is 33.2 Å². The zero-order valence-corrected chi connectivity index (χ0v) is 19.2. The molecule has 5 rings (SSSR count). The molecule has 1 amide bonds. The third kappa shape index (κ3) is 4.75. The Morgan fingerprint density at radius 2 is 1.92 bits per heavy atom. The number of carbonyl (C=O) groups excluding carboxylic acids is 1. The molecule has 2 aromatic rings. The zero-order chi connectivity index (χ0) is 25.3. The highest BCUT2D eigenvalue weighted by molar-refractivity contribution is 5.93. The second-order valence-corrected chi connectivity index (χ2v) is 8.87. The molecule has 1 unspecified atom stereocenters. The number of allylic oxidation sites excluding steroid dienone is 9. The van der Waals surface area contributed by atoms with Crippen LogP contribution < -0.4 is 0 Å². The molecule has 7 heteroatoms. The van der Waals surface area contributed by atoms with E-state index >= 15 is 0 Å². The van der Waals surface area contributed by atoms with Gasteiger partial charge in [-0.3, -0.25) is 4.79 Å². The third-order valence-corrected chi connectivity index (χ3v) is 6.57. The molecule has 0 N–H and O–H groups in total. The second-order valence-electron chi connectivity index (χ2n) is 8.87. The Morgan fingerprint density at radius 1 is 1.08 bits per heavy atom. The Kier molecular flexibility index (Phi) is 6.33. The molecular formula is C29H22F4N2O. The molecule has 0 saturated carbocycles. The summed E-state index contributed by atoms with van der Waals surface area (Å²) in [6, 6.07) is 9.45. The van der Waals surface area contributed by atoms with Crippen LogP contribution in [0.2, 0.25) is 0 Å². The fourth-order valence-electron chi connectivity index (χ4n) is 4.73. The van der Waals surface area contributed by atoms with E-state index in [0.29, 0.717) is 35.2 Å². The van der Waals surface area contributed by atoms with Crippen molar-refractivity contribution in [1.29, 1.82) is 0 Å². The van der Waals surface area contributed by atoms with E-state index in [1.165, 1.54) is 23.1 Å². The summed E-state index contributed by atoms with van der Waals surface area (Å²) in [6.07, 6.45) is 7.48. The zero-order valence-electron chi connectivity index (χ0n) is 19.2. The summed E-state index contributed by atoms with van der Waals surface area (Å²) in [4.78, 5) is 19.0. The predicted octanol–water partition coefficient (Wildman–Crippen LogP) is 6.49. The number of pyridine rings is 1. The minimum Gasteiger partial charge on any atom is -0.337 e. The summed E-state index contributed by atoms with van der Waals surface area (Å²) in [6.45, 7) is 0.666. The van der Waals surface area contributed by atoms with Gasteiger partial charge in [-0.1, -0.05) is 48.6 Å². The van der Waals surface area contributed by atoms with Gasteiger partial charge < -0.3 is 4.90 Å². The number of nitrogens with zero attached hydrogens (tertiary/aromatic N) is 2. The Morgan fingerprint density at radius 3 is 2.72 bits per heavy atom. The number of aromatic nitrogens is 1.